The molecule has 0 unspecified atom stereocenters. The van der Waals surface area contributed by atoms with Crippen molar-refractivity contribution >= 4 is 5.95 Å². The predicted molar refractivity (Wildman–Crippen MR) is 63.7 cm³/mol. The van der Waals surface area contributed by atoms with Gasteiger partial charge in [0.1, 0.15) is 0 Å². The Bertz CT molecular complexity index is 407. The molecule has 0 aliphatic carbocycles. The quantitative estimate of drug-likeness (QED) is 0.752. The van der Waals surface area contributed by atoms with Gasteiger partial charge in [-0.3, -0.25) is 9.78 Å². The van der Waals surface area contributed by atoms with E-state index in [9.17, 15) is 4.79 Å². The number of nitrogens with zero attached hydrogens (tertiary/aromatic N) is 2. The molecule has 1 fully saturated rings. The summed E-state index contributed by atoms with van der Waals surface area (Å²) in [4.78, 5) is 20.7. The molecule has 0 bridgehead atoms. The highest BCUT2D eigenvalue weighted by Crippen LogP contribution is 2.14. The Balaban J connectivity index is 2.20. The van der Waals surface area contributed by atoms with Crippen molar-refractivity contribution in [3.8, 4) is 0 Å². The summed E-state index contributed by atoms with van der Waals surface area (Å²) in [5, 5.41) is 0. The lowest BCUT2D eigenvalue weighted by molar-refractivity contribution is 0.495. The first-order valence-electron chi connectivity index (χ1n) is 5.80. The summed E-state index contributed by atoms with van der Waals surface area (Å²) in [6, 6.07) is 1.84. The van der Waals surface area contributed by atoms with Gasteiger partial charge in [0.25, 0.3) is 5.56 Å². The van der Waals surface area contributed by atoms with Crippen molar-refractivity contribution in [2.24, 2.45) is 5.73 Å². The Morgan fingerprint density at radius 1 is 1.56 bits per heavy atom. The number of anilines is 1. The predicted octanol–water partition coefficient (Wildman–Crippen LogP) is 0.260. The van der Waals surface area contributed by atoms with Crippen molar-refractivity contribution in [3.05, 3.63) is 22.1 Å². The van der Waals surface area contributed by atoms with Gasteiger partial charge < -0.3 is 10.6 Å². The average Bonchev–Trinajstić information content (AvgIpc) is 2.29. The number of aromatic nitrogens is 2. The molecular formula is C11H18N4O. The molecule has 0 radical (unpaired) electrons. The molecule has 1 aliphatic heterocycles. The van der Waals surface area contributed by atoms with Gasteiger partial charge in [-0.1, -0.05) is 6.92 Å². The second kappa shape index (κ2) is 4.65. The number of hydrogen-bond donors (Lipinski definition) is 2. The molecule has 3 N–H and O–H groups in total. The molecule has 0 saturated carbocycles. The highest BCUT2D eigenvalue weighted by Gasteiger charge is 2.18. The van der Waals surface area contributed by atoms with Crippen LogP contribution in [0.25, 0.3) is 0 Å². The summed E-state index contributed by atoms with van der Waals surface area (Å²) in [6.07, 6.45) is 2.70. The van der Waals surface area contributed by atoms with Crippen LogP contribution >= 0.6 is 0 Å². The molecule has 5 nitrogen and oxygen atoms in total. The first-order valence-corrected chi connectivity index (χ1v) is 5.80. The molecule has 5 heteroatoms. The first-order chi connectivity index (χ1) is 7.69. The standard InChI is InChI=1S/C11H18N4O/c1-2-9-7-10(16)14-11(13-9)15-5-3-8(12)4-6-15/h7-8H,2-6,12H2,1H3,(H,13,14,16). The van der Waals surface area contributed by atoms with E-state index in [2.05, 4.69) is 14.9 Å². The summed E-state index contributed by atoms with van der Waals surface area (Å²) in [5.74, 6) is 0.691. The summed E-state index contributed by atoms with van der Waals surface area (Å²) in [7, 11) is 0. The van der Waals surface area contributed by atoms with Crippen molar-refractivity contribution in [2.75, 3.05) is 18.0 Å². The Morgan fingerprint density at radius 2 is 2.25 bits per heavy atom. The van der Waals surface area contributed by atoms with E-state index < -0.39 is 0 Å². The van der Waals surface area contributed by atoms with E-state index in [0.717, 1.165) is 38.0 Å². The number of rotatable bonds is 2. The number of piperidine rings is 1. The first kappa shape index (κ1) is 11.1. The molecule has 88 valence electrons. The van der Waals surface area contributed by atoms with Gasteiger partial charge in [-0.15, -0.1) is 0 Å². The molecule has 1 aromatic rings. The van der Waals surface area contributed by atoms with Crippen LogP contribution in [0.5, 0.6) is 0 Å². The van der Waals surface area contributed by atoms with Crippen LogP contribution < -0.4 is 16.2 Å². The van der Waals surface area contributed by atoms with Gasteiger partial charge in [0.15, 0.2) is 0 Å². The zero-order chi connectivity index (χ0) is 11.5. The maximum Gasteiger partial charge on any atom is 0.252 e. The summed E-state index contributed by atoms with van der Waals surface area (Å²) in [6.45, 7) is 3.74. The molecule has 0 atom stereocenters. The van der Waals surface area contributed by atoms with Crippen molar-refractivity contribution in [2.45, 2.75) is 32.2 Å². The van der Waals surface area contributed by atoms with Crippen LogP contribution in [0.15, 0.2) is 10.9 Å². The van der Waals surface area contributed by atoms with Crippen LogP contribution in [0.1, 0.15) is 25.5 Å². The zero-order valence-corrected chi connectivity index (χ0v) is 9.57. The van der Waals surface area contributed by atoms with Crippen molar-refractivity contribution < 1.29 is 0 Å². The van der Waals surface area contributed by atoms with E-state index in [1.54, 1.807) is 6.07 Å². The van der Waals surface area contributed by atoms with E-state index in [4.69, 9.17) is 5.73 Å². The molecular weight excluding hydrogens is 204 g/mol. The van der Waals surface area contributed by atoms with Crippen LogP contribution in [0.4, 0.5) is 5.95 Å². The average molecular weight is 222 g/mol. The van der Waals surface area contributed by atoms with E-state index >= 15 is 0 Å². The number of H-pyrrole nitrogens is 1. The van der Waals surface area contributed by atoms with Gasteiger partial charge in [-0.2, -0.15) is 0 Å². The molecule has 0 amide bonds. The largest absolute Gasteiger partial charge is 0.342 e. The maximum atomic E-state index is 11.4. The SMILES string of the molecule is CCc1cc(=O)[nH]c(N2CCC(N)CC2)n1. The van der Waals surface area contributed by atoms with Gasteiger partial charge in [0.05, 0.1) is 0 Å². The number of nitrogens with one attached hydrogen (secondary N) is 1. The van der Waals surface area contributed by atoms with Crippen molar-refractivity contribution in [1.82, 2.24) is 9.97 Å². The van der Waals surface area contributed by atoms with Crippen molar-refractivity contribution in [1.29, 1.82) is 0 Å². The summed E-state index contributed by atoms with van der Waals surface area (Å²) >= 11 is 0. The molecule has 16 heavy (non-hydrogen) atoms. The second-order valence-electron chi connectivity index (χ2n) is 4.24. The molecule has 0 spiro atoms. The minimum atomic E-state index is -0.0725. The Kier molecular flexibility index (Phi) is 3.24. The minimum Gasteiger partial charge on any atom is -0.342 e. The van der Waals surface area contributed by atoms with Crippen LogP contribution in [-0.4, -0.2) is 29.1 Å². The van der Waals surface area contributed by atoms with E-state index in [1.165, 1.54) is 0 Å². The van der Waals surface area contributed by atoms with Crippen LogP contribution in [0.3, 0.4) is 0 Å². The lowest BCUT2D eigenvalue weighted by Crippen LogP contribution is -2.41. The molecule has 2 rings (SSSR count). The third-order valence-electron chi connectivity index (χ3n) is 2.98. The van der Waals surface area contributed by atoms with E-state index in [-0.39, 0.29) is 11.6 Å². The Labute approximate surface area is 94.7 Å². The molecule has 0 aromatic carbocycles. The molecule has 2 heterocycles. The van der Waals surface area contributed by atoms with Gasteiger partial charge >= 0.3 is 0 Å². The Hall–Kier alpha value is -1.36. The fourth-order valence-electron chi connectivity index (χ4n) is 1.94. The number of nitrogens with two attached hydrogens (primary N) is 1. The van der Waals surface area contributed by atoms with Gasteiger partial charge in [0, 0.05) is 30.9 Å². The second-order valence-corrected chi connectivity index (χ2v) is 4.24. The highest BCUT2D eigenvalue weighted by molar-refractivity contribution is 5.31. The smallest absolute Gasteiger partial charge is 0.252 e. The van der Waals surface area contributed by atoms with Crippen LogP contribution in [0, 0.1) is 0 Å². The maximum absolute atomic E-state index is 11.4. The lowest BCUT2D eigenvalue weighted by Gasteiger charge is -2.30. The van der Waals surface area contributed by atoms with Crippen molar-refractivity contribution in [3.63, 3.8) is 0 Å². The minimum absolute atomic E-state index is 0.0725. The van der Waals surface area contributed by atoms with Crippen LogP contribution in [-0.2, 0) is 6.42 Å². The summed E-state index contributed by atoms with van der Waals surface area (Å²) < 4.78 is 0. The van der Waals surface area contributed by atoms with Gasteiger partial charge in [-0.25, -0.2) is 4.98 Å². The summed E-state index contributed by atoms with van der Waals surface area (Å²) in [5.41, 5.74) is 6.61. The number of hydrogen-bond acceptors (Lipinski definition) is 4. The lowest BCUT2D eigenvalue weighted by atomic mass is 10.1. The third-order valence-corrected chi connectivity index (χ3v) is 2.98. The van der Waals surface area contributed by atoms with E-state index in [1.807, 2.05) is 6.92 Å². The molecule has 1 saturated heterocycles. The van der Waals surface area contributed by atoms with Gasteiger partial charge in [-0.05, 0) is 19.3 Å². The monoisotopic (exact) mass is 222 g/mol. The Morgan fingerprint density at radius 3 is 2.88 bits per heavy atom. The third kappa shape index (κ3) is 2.41. The molecule has 1 aliphatic rings. The zero-order valence-electron chi connectivity index (χ0n) is 9.57. The fourth-order valence-corrected chi connectivity index (χ4v) is 1.94. The topological polar surface area (TPSA) is 75.0 Å². The number of aryl methyl sites for hydroxylation is 1. The van der Waals surface area contributed by atoms with Crippen LogP contribution in [0.2, 0.25) is 0 Å². The van der Waals surface area contributed by atoms with E-state index in [0.29, 0.717) is 5.95 Å². The highest BCUT2D eigenvalue weighted by atomic mass is 16.1. The fraction of sp³-hybridized carbons (Fsp3) is 0.636. The normalized spacial score (nSPS) is 17.8. The van der Waals surface area contributed by atoms with Gasteiger partial charge in [0.2, 0.25) is 5.95 Å². The number of aromatic amines is 1. The molecule has 1 aromatic heterocycles.